The zero-order valence-corrected chi connectivity index (χ0v) is 19.6. The van der Waals surface area contributed by atoms with Crippen molar-refractivity contribution in [2.75, 3.05) is 13.2 Å². The quantitative estimate of drug-likeness (QED) is 0.223. The van der Waals surface area contributed by atoms with Gasteiger partial charge in [0.2, 0.25) is 0 Å². The smallest absolute Gasteiger partial charge is 0.339 e. The molecule has 0 aromatic heterocycles. The third-order valence-corrected chi connectivity index (χ3v) is 6.93. The normalized spacial score (nSPS) is 15.4. The van der Waals surface area contributed by atoms with Crippen molar-refractivity contribution in [2.45, 2.75) is 11.8 Å². The number of thioether (sulfide) groups is 1. The van der Waals surface area contributed by atoms with Gasteiger partial charge in [-0.2, -0.15) is 8.42 Å². The monoisotopic (exact) mass is 495 g/mol. The molecular formula is C21H18ClNO5S3. The lowest BCUT2D eigenvalue weighted by atomic mass is 10.2. The van der Waals surface area contributed by atoms with Gasteiger partial charge >= 0.3 is 10.1 Å². The largest absolute Gasteiger partial charge is 0.490 e. The molecule has 1 fully saturated rings. The molecule has 0 bridgehead atoms. The topological polar surface area (TPSA) is 72.9 Å². The minimum atomic E-state index is -4.08. The molecule has 162 valence electrons. The van der Waals surface area contributed by atoms with E-state index in [1.165, 1.54) is 47.0 Å². The van der Waals surface area contributed by atoms with E-state index in [0.29, 0.717) is 33.0 Å². The van der Waals surface area contributed by atoms with Gasteiger partial charge < -0.3 is 8.92 Å². The van der Waals surface area contributed by atoms with Crippen LogP contribution in [0.15, 0.2) is 64.9 Å². The van der Waals surface area contributed by atoms with Gasteiger partial charge in [0.25, 0.3) is 5.91 Å². The average molecular weight is 496 g/mol. The van der Waals surface area contributed by atoms with E-state index in [9.17, 15) is 13.2 Å². The Kier molecular flexibility index (Phi) is 7.42. The van der Waals surface area contributed by atoms with E-state index in [2.05, 4.69) is 6.58 Å². The summed E-state index contributed by atoms with van der Waals surface area (Å²) >= 11 is 12.2. The standard InChI is InChI=1S/C21H18ClNO5S3/c1-3-11-23-20(24)19(30-21(23)29)13-14-5-10-17(18(12-14)27-4-2)28-31(25,26)16-8-6-15(22)7-9-16/h3,5-10,12-13H,1,4,11H2,2H3/b19-13-. The first-order chi connectivity index (χ1) is 14.7. The lowest BCUT2D eigenvalue weighted by Crippen LogP contribution is -2.27. The molecule has 1 heterocycles. The first-order valence-corrected chi connectivity index (χ1v) is 12.1. The van der Waals surface area contributed by atoms with Crippen LogP contribution >= 0.6 is 35.6 Å². The molecule has 1 aliphatic rings. The summed E-state index contributed by atoms with van der Waals surface area (Å²) in [5.74, 6) is 0.0574. The Labute approximate surface area is 195 Å². The van der Waals surface area contributed by atoms with Crippen molar-refractivity contribution in [3.05, 3.63) is 70.6 Å². The number of nitrogens with zero attached hydrogens (tertiary/aromatic N) is 1. The number of rotatable bonds is 8. The van der Waals surface area contributed by atoms with E-state index in [4.69, 9.17) is 32.7 Å². The molecule has 1 amide bonds. The van der Waals surface area contributed by atoms with Gasteiger partial charge in [0.05, 0.1) is 11.5 Å². The van der Waals surface area contributed by atoms with Crippen LogP contribution in [0.1, 0.15) is 12.5 Å². The Hall–Kier alpha value is -2.33. The number of thiocarbonyl (C=S) groups is 1. The molecular weight excluding hydrogens is 478 g/mol. The fourth-order valence-electron chi connectivity index (χ4n) is 2.66. The number of halogens is 1. The Bertz CT molecular complexity index is 1160. The zero-order chi connectivity index (χ0) is 22.6. The van der Waals surface area contributed by atoms with Gasteiger partial charge in [-0.15, -0.1) is 6.58 Å². The highest BCUT2D eigenvalue weighted by molar-refractivity contribution is 8.26. The van der Waals surface area contributed by atoms with Gasteiger partial charge in [0.1, 0.15) is 9.22 Å². The first-order valence-electron chi connectivity index (χ1n) is 9.08. The lowest BCUT2D eigenvalue weighted by Gasteiger charge is -2.13. The summed E-state index contributed by atoms with van der Waals surface area (Å²) in [5, 5.41) is 0.414. The molecule has 0 atom stereocenters. The van der Waals surface area contributed by atoms with Crippen LogP contribution in [0, 0.1) is 0 Å². The molecule has 0 radical (unpaired) electrons. The maximum atomic E-state index is 12.6. The molecule has 0 saturated carbocycles. The Balaban J connectivity index is 1.90. The van der Waals surface area contributed by atoms with Crippen LogP contribution in [0.3, 0.4) is 0 Å². The highest BCUT2D eigenvalue weighted by Crippen LogP contribution is 2.35. The number of hydrogen-bond donors (Lipinski definition) is 0. The fraction of sp³-hybridized carbons (Fsp3) is 0.143. The molecule has 31 heavy (non-hydrogen) atoms. The summed E-state index contributed by atoms with van der Waals surface area (Å²) in [6, 6.07) is 10.4. The zero-order valence-electron chi connectivity index (χ0n) is 16.4. The van der Waals surface area contributed by atoms with Crippen LogP contribution in [-0.4, -0.2) is 36.7 Å². The molecule has 3 rings (SSSR count). The Morgan fingerprint density at radius 3 is 2.55 bits per heavy atom. The number of carbonyl (C=O) groups excluding carboxylic acids is 1. The van der Waals surface area contributed by atoms with Gasteiger partial charge in [-0.3, -0.25) is 9.69 Å². The van der Waals surface area contributed by atoms with E-state index in [0.717, 1.165) is 0 Å². The van der Waals surface area contributed by atoms with Gasteiger partial charge in [-0.25, -0.2) is 0 Å². The summed E-state index contributed by atoms with van der Waals surface area (Å²) in [4.78, 5) is 14.4. The number of amides is 1. The van der Waals surface area contributed by atoms with Gasteiger partial charge in [-0.05, 0) is 55.0 Å². The minimum absolute atomic E-state index is 0.0330. The van der Waals surface area contributed by atoms with Gasteiger partial charge in [0, 0.05) is 11.6 Å². The molecule has 10 heteroatoms. The van der Waals surface area contributed by atoms with Crippen molar-refractivity contribution in [2.24, 2.45) is 0 Å². The number of hydrogen-bond acceptors (Lipinski definition) is 7. The third kappa shape index (κ3) is 5.48. The SMILES string of the molecule is C=CCN1C(=O)/C(=C/c2ccc(OS(=O)(=O)c3ccc(Cl)cc3)c(OCC)c2)SC1=S. The van der Waals surface area contributed by atoms with Crippen LogP contribution in [0.25, 0.3) is 6.08 Å². The second-order valence-electron chi connectivity index (χ2n) is 6.21. The first kappa shape index (κ1) is 23.3. The summed E-state index contributed by atoms with van der Waals surface area (Å²) in [5.41, 5.74) is 0.638. The predicted octanol–water partition coefficient (Wildman–Crippen LogP) is 4.89. The summed E-state index contributed by atoms with van der Waals surface area (Å²) in [6.07, 6.45) is 3.27. The van der Waals surface area contributed by atoms with Crippen molar-refractivity contribution in [3.63, 3.8) is 0 Å². The Morgan fingerprint density at radius 2 is 1.90 bits per heavy atom. The molecule has 0 unspecified atom stereocenters. The van der Waals surface area contributed by atoms with Gasteiger partial charge in [0.15, 0.2) is 11.5 Å². The molecule has 1 aliphatic heterocycles. The molecule has 6 nitrogen and oxygen atoms in total. The summed E-state index contributed by atoms with van der Waals surface area (Å²) in [6.45, 7) is 6.03. The van der Waals surface area contributed by atoms with Crippen molar-refractivity contribution < 1.29 is 22.1 Å². The van der Waals surface area contributed by atoms with Crippen molar-refractivity contribution in [1.82, 2.24) is 4.90 Å². The average Bonchev–Trinajstić information content (AvgIpc) is 2.98. The summed E-state index contributed by atoms with van der Waals surface area (Å²) in [7, 11) is -4.08. The van der Waals surface area contributed by atoms with Crippen LogP contribution in [0.2, 0.25) is 5.02 Å². The lowest BCUT2D eigenvalue weighted by molar-refractivity contribution is -0.121. The number of carbonyl (C=O) groups is 1. The summed E-state index contributed by atoms with van der Waals surface area (Å²) < 4.78 is 36.5. The van der Waals surface area contributed by atoms with Crippen molar-refractivity contribution in [3.8, 4) is 11.5 Å². The van der Waals surface area contributed by atoms with E-state index < -0.39 is 10.1 Å². The number of benzene rings is 2. The minimum Gasteiger partial charge on any atom is -0.490 e. The Morgan fingerprint density at radius 1 is 1.19 bits per heavy atom. The second kappa shape index (κ2) is 9.86. The maximum Gasteiger partial charge on any atom is 0.339 e. The molecule has 2 aromatic rings. The number of ether oxygens (including phenoxy) is 1. The molecule has 1 saturated heterocycles. The predicted molar refractivity (Wildman–Crippen MR) is 127 cm³/mol. The highest BCUT2D eigenvalue weighted by atomic mass is 35.5. The van der Waals surface area contributed by atoms with Crippen LogP contribution in [0.4, 0.5) is 0 Å². The molecule has 0 aliphatic carbocycles. The molecule has 0 spiro atoms. The third-order valence-electron chi connectivity index (χ3n) is 4.05. The van der Waals surface area contributed by atoms with Crippen LogP contribution in [-0.2, 0) is 14.9 Å². The van der Waals surface area contributed by atoms with E-state index in [1.807, 2.05) is 0 Å². The van der Waals surface area contributed by atoms with Crippen molar-refractivity contribution in [1.29, 1.82) is 0 Å². The maximum absolute atomic E-state index is 12.6. The second-order valence-corrected chi connectivity index (χ2v) is 9.87. The van der Waals surface area contributed by atoms with E-state index >= 15 is 0 Å². The van der Waals surface area contributed by atoms with E-state index in [1.54, 1.807) is 31.2 Å². The van der Waals surface area contributed by atoms with E-state index in [-0.39, 0.29) is 22.3 Å². The van der Waals surface area contributed by atoms with Crippen LogP contribution in [0.5, 0.6) is 11.5 Å². The molecule has 0 N–H and O–H groups in total. The highest BCUT2D eigenvalue weighted by Gasteiger charge is 2.31. The van der Waals surface area contributed by atoms with Gasteiger partial charge in [-0.1, -0.05) is 47.7 Å². The molecule has 2 aromatic carbocycles. The van der Waals surface area contributed by atoms with Crippen LogP contribution < -0.4 is 8.92 Å². The fourth-order valence-corrected chi connectivity index (χ4v) is 5.00. The van der Waals surface area contributed by atoms with Crippen molar-refractivity contribution >= 4 is 62.0 Å².